The molecule has 1 fully saturated rings. The Labute approximate surface area is 247 Å². The van der Waals surface area contributed by atoms with Crippen molar-refractivity contribution in [1.29, 1.82) is 0 Å². The van der Waals surface area contributed by atoms with Crippen molar-refractivity contribution in [1.82, 2.24) is 29.7 Å². The standard InChI is InChI=1S/C24H38ClFN7O8P/c1-11(2)7-13(22(35)38-5)31-42(37,32-14(8-12(3)4)23(36)39-6)40-9-15-18(34)16(26)21(41-15)33-10-28-17-19(27)29-24(25)30-20(17)33/h10-16,18,21,34H,7-9H2,1-6H3,(H2,27,29,30)(H2,31,32,37). The molecule has 2 aromatic rings. The predicted octanol–water partition coefficient (Wildman–Crippen LogP) is 2.14. The van der Waals surface area contributed by atoms with Crippen LogP contribution < -0.4 is 15.9 Å². The molecule has 1 aliphatic rings. The Bertz CT molecular complexity index is 1260. The first-order valence-corrected chi connectivity index (χ1v) is 15.3. The zero-order valence-electron chi connectivity index (χ0n) is 24.2. The van der Waals surface area contributed by atoms with Crippen molar-refractivity contribution in [3.63, 3.8) is 0 Å². The Morgan fingerprint density at radius 2 is 1.69 bits per heavy atom. The van der Waals surface area contributed by atoms with Gasteiger partial charge in [0, 0.05) is 0 Å². The van der Waals surface area contributed by atoms with Gasteiger partial charge in [-0.25, -0.2) is 19.5 Å². The fourth-order valence-electron chi connectivity index (χ4n) is 4.49. The summed E-state index contributed by atoms with van der Waals surface area (Å²) >= 11 is 5.91. The maximum absolute atomic E-state index is 15.3. The lowest BCUT2D eigenvalue weighted by Crippen LogP contribution is -2.45. The van der Waals surface area contributed by atoms with Gasteiger partial charge >= 0.3 is 19.6 Å². The van der Waals surface area contributed by atoms with Gasteiger partial charge < -0.3 is 29.6 Å². The van der Waals surface area contributed by atoms with E-state index in [9.17, 15) is 19.3 Å². The largest absolute Gasteiger partial charge is 0.468 e. The summed E-state index contributed by atoms with van der Waals surface area (Å²) in [6.07, 6.45) is -4.82. The fourth-order valence-corrected chi connectivity index (χ4v) is 6.49. The summed E-state index contributed by atoms with van der Waals surface area (Å²) in [7, 11) is -1.93. The van der Waals surface area contributed by atoms with Gasteiger partial charge in [0.2, 0.25) is 5.28 Å². The number of nitrogens with zero attached hydrogens (tertiary/aromatic N) is 4. The van der Waals surface area contributed by atoms with Crippen LogP contribution in [0.3, 0.4) is 0 Å². The molecule has 18 heteroatoms. The maximum Gasteiger partial charge on any atom is 0.342 e. The molecule has 236 valence electrons. The molecule has 42 heavy (non-hydrogen) atoms. The minimum absolute atomic E-state index is 0.0217. The Hall–Kier alpha value is -2.46. The number of rotatable bonds is 14. The van der Waals surface area contributed by atoms with Gasteiger partial charge in [-0.1, -0.05) is 27.7 Å². The molecule has 0 bridgehead atoms. The van der Waals surface area contributed by atoms with Gasteiger partial charge in [-0.15, -0.1) is 0 Å². The molecule has 3 heterocycles. The van der Waals surface area contributed by atoms with E-state index in [1.807, 2.05) is 27.7 Å². The molecule has 0 aromatic carbocycles. The highest BCUT2D eigenvalue weighted by molar-refractivity contribution is 7.54. The summed E-state index contributed by atoms with van der Waals surface area (Å²) in [6, 6.07) is -2.18. The monoisotopic (exact) mass is 637 g/mol. The van der Waals surface area contributed by atoms with Crippen LogP contribution in [0.2, 0.25) is 5.28 Å². The van der Waals surface area contributed by atoms with Crippen LogP contribution in [0.15, 0.2) is 6.33 Å². The van der Waals surface area contributed by atoms with Crippen LogP contribution in [0.5, 0.6) is 0 Å². The van der Waals surface area contributed by atoms with Crippen molar-refractivity contribution in [2.24, 2.45) is 11.8 Å². The van der Waals surface area contributed by atoms with E-state index in [4.69, 9.17) is 36.1 Å². The van der Waals surface area contributed by atoms with E-state index >= 15 is 4.39 Å². The maximum atomic E-state index is 15.3. The molecule has 6 atom stereocenters. The topological polar surface area (TPSA) is 202 Å². The number of fused-ring (bicyclic) bond motifs is 1. The van der Waals surface area contributed by atoms with Gasteiger partial charge in [0.25, 0.3) is 0 Å². The number of ether oxygens (including phenoxy) is 3. The van der Waals surface area contributed by atoms with Gasteiger partial charge in [0.15, 0.2) is 23.9 Å². The van der Waals surface area contributed by atoms with Crippen molar-refractivity contribution < 1.29 is 42.4 Å². The fraction of sp³-hybridized carbons (Fsp3) is 0.708. The smallest absolute Gasteiger partial charge is 0.342 e. The molecule has 15 nitrogen and oxygen atoms in total. The molecular formula is C24H38ClFN7O8P. The second-order valence-electron chi connectivity index (χ2n) is 10.7. The van der Waals surface area contributed by atoms with Gasteiger partial charge in [0.05, 0.1) is 27.2 Å². The van der Waals surface area contributed by atoms with Crippen LogP contribution in [0.1, 0.15) is 46.8 Å². The molecule has 5 N–H and O–H groups in total. The zero-order chi connectivity index (χ0) is 31.4. The number of carbonyl (C=O) groups is 2. The molecule has 0 amide bonds. The van der Waals surface area contributed by atoms with Crippen LogP contribution in [-0.2, 0) is 32.9 Å². The number of esters is 2. The first-order valence-electron chi connectivity index (χ1n) is 13.3. The number of carbonyl (C=O) groups excluding carboxylic acids is 2. The van der Waals surface area contributed by atoms with Gasteiger partial charge in [0.1, 0.15) is 29.8 Å². The number of aliphatic hydroxyl groups excluding tert-OH is 1. The highest BCUT2D eigenvalue weighted by Gasteiger charge is 2.47. The zero-order valence-corrected chi connectivity index (χ0v) is 25.8. The molecule has 2 aromatic heterocycles. The van der Waals surface area contributed by atoms with E-state index in [2.05, 4.69) is 25.1 Å². The molecule has 1 aliphatic heterocycles. The Morgan fingerprint density at radius 3 is 2.19 bits per heavy atom. The van der Waals surface area contributed by atoms with Crippen LogP contribution in [-0.4, -0.2) is 87.9 Å². The summed E-state index contributed by atoms with van der Waals surface area (Å²) in [5.74, 6) is -1.49. The highest BCUT2D eigenvalue weighted by Crippen LogP contribution is 2.43. The van der Waals surface area contributed by atoms with E-state index in [1.54, 1.807) is 0 Å². The number of methoxy groups -OCH3 is 2. The lowest BCUT2D eigenvalue weighted by atomic mass is 10.1. The number of imidazole rings is 1. The first kappa shape index (κ1) is 34.0. The lowest BCUT2D eigenvalue weighted by molar-refractivity contribution is -0.143. The highest BCUT2D eigenvalue weighted by atomic mass is 35.5. The van der Waals surface area contributed by atoms with Crippen LogP contribution in [0.25, 0.3) is 11.2 Å². The minimum atomic E-state index is -4.30. The third-order valence-electron chi connectivity index (χ3n) is 6.45. The molecule has 3 rings (SSSR count). The second kappa shape index (κ2) is 14.3. The lowest BCUT2D eigenvalue weighted by Gasteiger charge is -2.30. The Morgan fingerprint density at radius 1 is 1.14 bits per heavy atom. The SMILES string of the molecule is COC(=O)C(CC(C)C)NP(=O)(NC(CC(C)C)C(=O)OC)OCC1OC(n2cnc3c(N)nc(Cl)nc32)C(F)C1O. The molecular weight excluding hydrogens is 600 g/mol. The number of hydrogen-bond donors (Lipinski definition) is 4. The van der Waals surface area contributed by atoms with Crippen LogP contribution >= 0.6 is 19.3 Å². The Kier molecular flexibility index (Phi) is 11.6. The van der Waals surface area contributed by atoms with E-state index < -0.39 is 62.9 Å². The average molecular weight is 638 g/mol. The third kappa shape index (κ3) is 8.13. The number of aromatic nitrogens is 4. The molecule has 0 spiro atoms. The summed E-state index contributed by atoms with van der Waals surface area (Å²) < 4.78 is 51.9. The molecule has 6 unspecified atom stereocenters. The van der Waals surface area contributed by atoms with Crippen molar-refractivity contribution in [3.8, 4) is 0 Å². The van der Waals surface area contributed by atoms with Gasteiger partial charge in [-0.3, -0.25) is 18.7 Å². The molecule has 0 saturated carbocycles. The summed E-state index contributed by atoms with van der Waals surface area (Å²) in [5, 5.41) is 15.8. The van der Waals surface area contributed by atoms with E-state index in [-0.39, 0.29) is 46.9 Å². The van der Waals surface area contributed by atoms with Crippen LogP contribution in [0.4, 0.5) is 10.2 Å². The average Bonchev–Trinajstić information content (AvgIpc) is 3.45. The van der Waals surface area contributed by atoms with Gasteiger partial charge in [-0.05, 0) is 36.3 Å². The number of aliphatic hydroxyl groups is 1. The number of nitrogens with two attached hydrogens (primary N) is 1. The molecule has 0 aliphatic carbocycles. The Balaban J connectivity index is 1.87. The van der Waals surface area contributed by atoms with Crippen molar-refractivity contribution in [2.75, 3.05) is 26.6 Å². The van der Waals surface area contributed by atoms with Gasteiger partial charge in [-0.2, -0.15) is 9.97 Å². The molecule has 0 radical (unpaired) electrons. The van der Waals surface area contributed by atoms with Crippen LogP contribution in [0, 0.1) is 11.8 Å². The summed E-state index contributed by atoms with van der Waals surface area (Å²) in [5.41, 5.74) is 6.06. The predicted molar refractivity (Wildman–Crippen MR) is 150 cm³/mol. The first-order chi connectivity index (χ1) is 19.7. The van der Waals surface area contributed by atoms with E-state index in [0.717, 1.165) is 0 Å². The van der Waals surface area contributed by atoms with E-state index in [0.29, 0.717) is 0 Å². The number of hydrogen-bond acceptors (Lipinski definition) is 12. The van der Waals surface area contributed by atoms with Crippen molar-refractivity contribution >= 4 is 48.2 Å². The third-order valence-corrected chi connectivity index (χ3v) is 8.43. The minimum Gasteiger partial charge on any atom is -0.468 e. The van der Waals surface area contributed by atoms with Crippen molar-refractivity contribution in [2.45, 2.75) is 77.2 Å². The normalized spacial score (nSPS) is 23.7. The quantitative estimate of drug-likeness (QED) is 0.133. The van der Waals surface area contributed by atoms with Crippen molar-refractivity contribution in [3.05, 3.63) is 11.6 Å². The second-order valence-corrected chi connectivity index (χ2v) is 12.9. The number of anilines is 1. The summed E-state index contributed by atoms with van der Waals surface area (Å²) in [6.45, 7) is 6.79. The number of halogens is 2. The van der Waals surface area contributed by atoms with E-state index in [1.165, 1.54) is 25.1 Å². The number of alkyl halides is 1. The summed E-state index contributed by atoms with van der Waals surface area (Å²) in [4.78, 5) is 37.0. The number of nitrogen functional groups attached to an aromatic ring is 1. The molecule has 1 saturated heterocycles. The number of nitrogens with one attached hydrogen (secondary N) is 2.